The third-order valence-corrected chi connectivity index (χ3v) is 3.67. The van der Waals surface area contributed by atoms with Gasteiger partial charge in [-0.3, -0.25) is 0 Å². The second kappa shape index (κ2) is 7.55. The molecule has 2 aromatic heterocycles. The van der Waals surface area contributed by atoms with E-state index in [-0.39, 0.29) is 17.3 Å². The van der Waals surface area contributed by atoms with Crippen LogP contribution in [0, 0.1) is 0 Å². The molecule has 0 radical (unpaired) electrons. The molecule has 0 fully saturated rings. The Kier molecular flexibility index (Phi) is 5.16. The molecule has 2 heterocycles. The topological polar surface area (TPSA) is 88.0 Å². The molecule has 0 spiro atoms. The van der Waals surface area contributed by atoms with Crippen molar-refractivity contribution in [1.82, 2.24) is 19.7 Å². The number of hydrogen-bond acceptors (Lipinski definition) is 5. The largest absolute Gasteiger partial charge is 0.418 e. The molecule has 0 saturated heterocycles. The summed E-state index contributed by atoms with van der Waals surface area (Å²) in [6, 6.07) is 3.88. The minimum Gasteiger partial charge on any atom is -0.375 e. The second-order valence-corrected chi connectivity index (χ2v) is 5.93. The van der Waals surface area contributed by atoms with Gasteiger partial charge in [0.15, 0.2) is 0 Å². The first kappa shape index (κ1) is 19.1. The van der Waals surface area contributed by atoms with Gasteiger partial charge in [-0.05, 0) is 12.1 Å². The minimum absolute atomic E-state index is 0.266. The van der Waals surface area contributed by atoms with Crippen molar-refractivity contribution >= 4 is 23.1 Å². The van der Waals surface area contributed by atoms with Gasteiger partial charge in [0, 0.05) is 14.1 Å². The van der Waals surface area contributed by atoms with Crippen molar-refractivity contribution in [2.24, 2.45) is 0 Å². The number of carbonyl (C=O) groups is 1. The number of amides is 2. The number of aromatic nitrogens is 4. The van der Waals surface area contributed by atoms with Crippen LogP contribution in [0.5, 0.6) is 0 Å². The lowest BCUT2D eigenvalue weighted by molar-refractivity contribution is -0.136. The van der Waals surface area contributed by atoms with E-state index in [0.717, 1.165) is 11.8 Å². The Morgan fingerprint density at radius 2 is 1.75 bits per heavy atom. The van der Waals surface area contributed by atoms with Gasteiger partial charge in [-0.25, -0.2) is 19.4 Å². The normalized spacial score (nSPS) is 11.2. The molecule has 2 amide bonds. The fourth-order valence-electron chi connectivity index (χ4n) is 2.28. The smallest absolute Gasteiger partial charge is 0.375 e. The number of urea groups is 1. The SMILES string of the molecule is CN(C)c1cnc(-n2cc(NC(=O)Nc3ccccc3C(F)(F)F)cn2)nc1. The molecule has 1 aromatic carbocycles. The highest BCUT2D eigenvalue weighted by atomic mass is 19.4. The van der Waals surface area contributed by atoms with E-state index >= 15 is 0 Å². The predicted octanol–water partition coefficient (Wildman–Crippen LogP) is 3.39. The predicted molar refractivity (Wildman–Crippen MR) is 97.6 cm³/mol. The van der Waals surface area contributed by atoms with Crippen LogP contribution in [0.25, 0.3) is 5.95 Å². The van der Waals surface area contributed by atoms with Crippen LogP contribution in [-0.4, -0.2) is 39.9 Å². The molecular weight excluding hydrogens is 375 g/mol. The fourth-order valence-corrected chi connectivity index (χ4v) is 2.28. The van der Waals surface area contributed by atoms with Gasteiger partial charge in [-0.15, -0.1) is 0 Å². The van der Waals surface area contributed by atoms with E-state index in [9.17, 15) is 18.0 Å². The number of anilines is 3. The molecular formula is C17H16F3N7O. The van der Waals surface area contributed by atoms with E-state index in [4.69, 9.17) is 0 Å². The van der Waals surface area contributed by atoms with Crippen LogP contribution in [0.3, 0.4) is 0 Å². The molecule has 0 aliphatic rings. The Morgan fingerprint density at radius 3 is 2.39 bits per heavy atom. The van der Waals surface area contributed by atoms with E-state index < -0.39 is 17.8 Å². The van der Waals surface area contributed by atoms with Gasteiger partial charge in [-0.1, -0.05) is 12.1 Å². The van der Waals surface area contributed by atoms with Crippen molar-refractivity contribution in [3.05, 3.63) is 54.6 Å². The summed E-state index contributed by atoms with van der Waals surface area (Å²) in [4.78, 5) is 22.2. The van der Waals surface area contributed by atoms with Crippen molar-refractivity contribution in [2.75, 3.05) is 29.6 Å². The number of benzene rings is 1. The van der Waals surface area contributed by atoms with Gasteiger partial charge in [0.25, 0.3) is 5.95 Å². The molecule has 0 bridgehead atoms. The standard InChI is InChI=1S/C17H16F3N7O/c1-26(2)12-8-21-15(22-9-12)27-10-11(7-23-27)24-16(28)25-14-6-4-3-5-13(14)17(18,19)20/h3-10H,1-2H3,(H2,24,25,28). The molecule has 0 atom stereocenters. The molecule has 2 N–H and O–H groups in total. The summed E-state index contributed by atoms with van der Waals surface area (Å²) in [7, 11) is 3.70. The number of alkyl halides is 3. The summed E-state index contributed by atoms with van der Waals surface area (Å²) in [6.07, 6.45) is 1.42. The average Bonchev–Trinajstić information content (AvgIpc) is 3.09. The van der Waals surface area contributed by atoms with Gasteiger partial charge in [-0.2, -0.15) is 18.3 Å². The molecule has 0 aliphatic carbocycles. The van der Waals surface area contributed by atoms with Crippen molar-refractivity contribution in [3.63, 3.8) is 0 Å². The lowest BCUT2D eigenvalue weighted by Gasteiger charge is -2.13. The average molecular weight is 391 g/mol. The van der Waals surface area contributed by atoms with Crippen LogP contribution in [-0.2, 0) is 6.18 Å². The van der Waals surface area contributed by atoms with Crippen molar-refractivity contribution in [1.29, 1.82) is 0 Å². The van der Waals surface area contributed by atoms with Gasteiger partial charge in [0.2, 0.25) is 0 Å². The number of nitrogens with zero attached hydrogens (tertiary/aromatic N) is 5. The molecule has 28 heavy (non-hydrogen) atoms. The zero-order valence-corrected chi connectivity index (χ0v) is 14.9. The molecule has 3 aromatic rings. The Bertz CT molecular complexity index is 967. The Balaban J connectivity index is 1.70. The first-order valence-corrected chi connectivity index (χ1v) is 8.02. The minimum atomic E-state index is -4.58. The molecule has 0 saturated carbocycles. The van der Waals surface area contributed by atoms with Crippen molar-refractivity contribution in [3.8, 4) is 5.95 Å². The first-order valence-electron chi connectivity index (χ1n) is 8.02. The van der Waals surface area contributed by atoms with E-state index in [1.807, 2.05) is 19.0 Å². The van der Waals surface area contributed by atoms with Gasteiger partial charge in [0.05, 0.1) is 47.4 Å². The lowest BCUT2D eigenvalue weighted by Crippen LogP contribution is -2.21. The fraction of sp³-hybridized carbons (Fsp3) is 0.176. The van der Waals surface area contributed by atoms with Crippen LogP contribution in [0.2, 0.25) is 0 Å². The van der Waals surface area contributed by atoms with Crippen molar-refractivity contribution < 1.29 is 18.0 Å². The van der Waals surface area contributed by atoms with Crippen molar-refractivity contribution in [2.45, 2.75) is 6.18 Å². The lowest BCUT2D eigenvalue weighted by atomic mass is 10.1. The highest BCUT2D eigenvalue weighted by molar-refractivity contribution is 6.00. The van der Waals surface area contributed by atoms with Crippen LogP contribution in [0.4, 0.5) is 35.0 Å². The Hall–Kier alpha value is -3.63. The van der Waals surface area contributed by atoms with Gasteiger partial charge < -0.3 is 15.5 Å². The van der Waals surface area contributed by atoms with Gasteiger partial charge in [0.1, 0.15) is 0 Å². The summed E-state index contributed by atoms with van der Waals surface area (Å²) >= 11 is 0. The van der Waals surface area contributed by atoms with Crippen LogP contribution in [0.15, 0.2) is 49.1 Å². The maximum Gasteiger partial charge on any atom is 0.418 e. The van der Waals surface area contributed by atoms with E-state index in [1.165, 1.54) is 35.3 Å². The summed E-state index contributed by atoms with van der Waals surface area (Å²) in [5.41, 5.74) is -0.211. The maximum atomic E-state index is 13.0. The summed E-state index contributed by atoms with van der Waals surface area (Å²) in [5.74, 6) is 0.279. The zero-order valence-electron chi connectivity index (χ0n) is 14.9. The quantitative estimate of drug-likeness (QED) is 0.712. The molecule has 0 unspecified atom stereocenters. The highest BCUT2D eigenvalue weighted by Gasteiger charge is 2.33. The second-order valence-electron chi connectivity index (χ2n) is 5.93. The number of halogens is 3. The molecule has 3 rings (SSSR count). The van der Waals surface area contributed by atoms with E-state index in [0.29, 0.717) is 0 Å². The number of para-hydroxylation sites is 1. The number of carbonyl (C=O) groups excluding carboxylic acids is 1. The van der Waals surface area contributed by atoms with Crippen LogP contribution in [0.1, 0.15) is 5.56 Å². The van der Waals surface area contributed by atoms with Crippen LogP contribution >= 0.6 is 0 Å². The highest BCUT2D eigenvalue weighted by Crippen LogP contribution is 2.34. The third-order valence-electron chi connectivity index (χ3n) is 3.67. The zero-order chi connectivity index (χ0) is 20.3. The molecule has 0 aliphatic heterocycles. The number of hydrogen-bond donors (Lipinski definition) is 2. The van der Waals surface area contributed by atoms with E-state index in [2.05, 4.69) is 25.7 Å². The third kappa shape index (κ3) is 4.37. The Labute approximate surface area is 158 Å². The first-order chi connectivity index (χ1) is 13.2. The maximum absolute atomic E-state index is 13.0. The number of nitrogens with one attached hydrogen (secondary N) is 2. The molecule has 146 valence electrons. The monoisotopic (exact) mass is 391 g/mol. The summed E-state index contributed by atoms with van der Waals surface area (Å²) in [6.45, 7) is 0. The summed E-state index contributed by atoms with van der Waals surface area (Å²) in [5, 5.41) is 8.65. The number of rotatable bonds is 4. The Morgan fingerprint density at radius 1 is 1.07 bits per heavy atom. The summed E-state index contributed by atoms with van der Waals surface area (Å²) < 4.78 is 40.3. The van der Waals surface area contributed by atoms with Gasteiger partial charge >= 0.3 is 12.2 Å². The van der Waals surface area contributed by atoms with E-state index in [1.54, 1.807) is 12.4 Å². The molecule has 11 heteroatoms. The molecule has 8 nitrogen and oxygen atoms in total. The van der Waals surface area contributed by atoms with Crippen LogP contribution < -0.4 is 15.5 Å².